The molecule has 14 nitrogen and oxygen atoms in total. The van der Waals surface area contributed by atoms with Gasteiger partial charge in [-0.2, -0.15) is 8.42 Å². The van der Waals surface area contributed by atoms with E-state index in [-0.39, 0.29) is 32.0 Å². The van der Waals surface area contributed by atoms with E-state index < -0.39 is 51.0 Å². The van der Waals surface area contributed by atoms with Crippen molar-refractivity contribution in [3.8, 4) is 0 Å². The molecule has 0 spiro atoms. The first kappa shape index (κ1) is 39.9. The van der Waals surface area contributed by atoms with Crippen LogP contribution in [0.4, 0.5) is 5.69 Å². The van der Waals surface area contributed by atoms with E-state index >= 15 is 0 Å². The topological polar surface area (TPSA) is 194 Å². The number of anilines is 1. The zero-order valence-corrected chi connectivity index (χ0v) is 30.6. The van der Waals surface area contributed by atoms with Crippen molar-refractivity contribution in [3.05, 3.63) is 46.4 Å². The molecular weight excluding hydrogens is 676 g/mol. The Labute approximate surface area is 292 Å². The lowest BCUT2D eigenvalue weighted by Gasteiger charge is -2.28. The van der Waals surface area contributed by atoms with Crippen LogP contribution in [0.5, 0.6) is 0 Å². The Balaban J connectivity index is 1.60. The summed E-state index contributed by atoms with van der Waals surface area (Å²) in [4.78, 5) is 39.6. The number of fused-ring (bicyclic) bond motifs is 1. The van der Waals surface area contributed by atoms with E-state index in [1.54, 1.807) is 11.4 Å². The number of aryl methyl sites for hydroxylation is 3. The first-order chi connectivity index (χ1) is 23.0. The van der Waals surface area contributed by atoms with E-state index in [4.69, 9.17) is 21.1 Å². The van der Waals surface area contributed by atoms with Crippen LogP contribution in [-0.2, 0) is 46.8 Å². The van der Waals surface area contributed by atoms with Gasteiger partial charge in [-0.05, 0) is 77.5 Å². The molecule has 2 amide bonds. The molecule has 3 unspecified atom stereocenters. The maximum atomic E-state index is 13.4. The highest BCUT2D eigenvalue weighted by molar-refractivity contribution is 7.85. The van der Waals surface area contributed by atoms with Crippen LogP contribution in [0, 0.1) is 24.7 Å². The van der Waals surface area contributed by atoms with E-state index in [1.807, 2.05) is 45.0 Å². The lowest BCUT2D eigenvalue weighted by molar-refractivity contribution is -0.151. The highest BCUT2D eigenvalue weighted by Crippen LogP contribution is 2.26. The van der Waals surface area contributed by atoms with Gasteiger partial charge >= 0.3 is 5.97 Å². The van der Waals surface area contributed by atoms with Crippen molar-refractivity contribution in [1.29, 1.82) is 0 Å². The summed E-state index contributed by atoms with van der Waals surface area (Å²) in [6.45, 7) is 10.8. The van der Waals surface area contributed by atoms with Crippen LogP contribution in [0.1, 0.15) is 77.4 Å². The van der Waals surface area contributed by atoms with Gasteiger partial charge in [-0.15, -0.1) is 10.2 Å². The number of carbonyl (C=O) groups excluding carboxylic acids is 3. The molecule has 4 N–H and O–H groups in total. The number of esters is 1. The summed E-state index contributed by atoms with van der Waals surface area (Å²) < 4.78 is 44.5. The monoisotopic (exact) mass is 724 g/mol. The van der Waals surface area contributed by atoms with Crippen molar-refractivity contribution in [2.24, 2.45) is 17.8 Å². The third kappa shape index (κ3) is 12.4. The summed E-state index contributed by atoms with van der Waals surface area (Å²) in [5.41, 5.74) is 1.92. The minimum atomic E-state index is -4.34. The first-order valence-corrected chi connectivity index (χ1v) is 18.5. The Kier molecular flexibility index (Phi) is 14.6. The molecule has 3 atom stereocenters. The maximum absolute atomic E-state index is 13.4. The summed E-state index contributed by atoms with van der Waals surface area (Å²) in [6, 6.07) is 7.58. The number of rotatable bonds is 20. The van der Waals surface area contributed by atoms with Crippen LogP contribution in [0.3, 0.4) is 0 Å². The van der Waals surface area contributed by atoms with E-state index in [0.717, 1.165) is 29.9 Å². The first-order valence-electron chi connectivity index (χ1n) is 16.5. The number of nitrogens with one attached hydrogen (secondary N) is 3. The van der Waals surface area contributed by atoms with E-state index in [2.05, 4.69) is 25.9 Å². The number of halogens is 1. The van der Waals surface area contributed by atoms with Gasteiger partial charge in [0.2, 0.25) is 11.8 Å². The molecule has 0 bridgehead atoms. The molecule has 3 rings (SSSR count). The van der Waals surface area contributed by atoms with E-state index in [0.29, 0.717) is 35.8 Å². The lowest BCUT2D eigenvalue weighted by atomic mass is 9.85. The molecule has 0 aliphatic rings. The Bertz CT molecular complexity index is 1670. The summed E-state index contributed by atoms with van der Waals surface area (Å²) in [5.74, 6) is -3.24. The fourth-order valence-corrected chi connectivity index (χ4v) is 6.76. The summed E-state index contributed by atoms with van der Waals surface area (Å²) >= 11 is 6.25. The minimum Gasteiger partial charge on any atom is -0.463 e. The molecule has 0 aliphatic carbocycles. The van der Waals surface area contributed by atoms with Gasteiger partial charge in [0.15, 0.2) is 11.5 Å². The number of aromatic amines is 1. The minimum absolute atomic E-state index is 0.0315. The van der Waals surface area contributed by atoms with Gasteiger partial charge in [0, 0.05) is 30.6 Å². The summed E-state index contributed by atoms with van der Waals surface area (Å²) in [7, 11) is -4.34. The van der Waals surface area contributed by atoms with Crippen LogP contribution in [0.15, 0.2) is 24.3 Å². The SMILES string of the molecule is CCOCCOC(=O)C(CC(C)C(=O)NC(C)(C)CS(=O)(=O)O)CC(CC)C(=O)Nc1ccc(CCCc2nnc3c(Cl)c(C)[nH]n23)cc1. The smallest absolute Gasteiger partial charge is 0.309 e. The molecule has 1 aromatic carbocycles. The quantitative estimate of drug-likeness (QED) is 0.0729. The van der Waals surface area contributed by atoms with Crippen LogP contribution < -0.4 is 10.6 Å². The van der Waals surface area contributed by atoms with Crippen molar-refractivity contribution in [2.75, 3.05) is 30.9 Å². The van der Waals surface area contributed by atoms with Gasteiger partial charge in [0.1, 0.15) is 11.6 Å². The third-order valence-electron chi connectivity index (χ3n) is 8.16. The van der Waals surface area contributed by atoms with Crippen molar-refractivity contribution in [2.45, 2.75) is 85.6 Å². The number of benzene rings is 1. The molecule has 0 saturated heterocycles. The van der Waals surface area contributed by atoms with E-state index in [9.17, 15) is 27.4 Å². The van der Waals surface area contributed by atoms with Crippen molar-refractivity contribution in [3.63, 3.8) is 0 Å². The highest BCUT2D eigenvalue weighted by Gasteiger charge is 2.33. The van der Waals surface area contributed by atoms with Gasteiger partial charge in [0.05, 0.1) is 29.5 Å². The van der Waals surface area contributed by atoms with Crippen molar-refractivity contribution >= 4 is 50.8 Å². The molecule has 272 valence electrons. The number of amides is 2. The van der Waals surface area contributed by atoms with Crippen LogP contribution >= 0.6 is 11.6 Å². The Hall–Kier alpha value is -3.53. The Morgan fingerprint density at radius 2 is 1.73 bits per heavy atom. The van der Waals surface area contributed by atoms with Crippen LogP contribution in [0.25, 0.3) is 5.65 Å². The Morgan fingerprint density at radius 3 is 2.37 bits per heavy atom. The molecule has 16 heteroatoms. The van der Waals surface area contributed by atoms with Gasteiger partial charge in [-0.1, -0.05) is 37.6 Å². The number of nitrogens with zero attached hydrogens (tertiary/aromatic N) is 3. The molecular formula is C33H49ClN6O8S. The molecule has 0 fully saturated rings. The molecule has 0 saturated carbocycles. The second-order valence-electron chi connectivity index (χ2n) is 13.0. The van der Waals surface area contributed by atoms with Gasteiger partial charge in [-0.25, -0.2) is 4.52 Å². The average Bonchev–Trinajstić information content (AvgIpc) is 3.54. The third-order valence-corrected chi connectivity index (χ3v) is 9.69. The predicted molar refractivity (Wildman–Crippen MR) is 186 cm³/mol. The number of hydrogen-bond donors (Lipinski definition) is 4. The molecule has 2 heterocycles. The number of hydrogen-bond acceptors (Lipinski definition) is 9. The average molecular weight is 725 g/mol. The molecule has 0 aliphatic heterocycles. The van der Waals surface area contributed by atoms with Crippen LogP contribution in [-0.4, -0.2) is 81.7 Å². The summed E-state index contributed by atoms with van der Waals surface area (Å²) in [5, 5.41) is 17.7. The highest BCUT2D eigenvalue weighted by atomic mass is 35.5. The van der Waals surface area contributed by atoms with Gasteiger partial charge < -0.3 is 20.1 Å². The maximum Gasteiger partial charge on any atom is 0.309 e. The molecule has 2 aromatic heterocycles. The van der Waals surface area contributed by atoms with E-state index in [1.165, 1.54) is 13.8 Å². The second kappa shape index (κ2) is 17.9. The molecule has 3 aromatic rings. The molecule has 0 radical (unpaired) electrons. The zero-order valence-electron chi connectivity index (χ0n) is 29.0. The van der Waals surface area contributed by atoms with Gasteiger partial charge in [0.25, 0.3) is 10.1 Å². The largest absolute Gasteiger partial charge is 0.463 e. The van der Waals surface area contributed by atoms with Crippen molar-refractivity contribution in [1.82, 2.24) is 25.1 Å². The van der Waals surface area contributed by atoms with Gasteiger partial charge in [-0.3, -0.25) is 24.0 Å². The van der Waals surface area contributed by atoms with Crippen molar-refractivity contribution < 1.29 is 36.8 Å². The molecule has 49 heavy (non-hydrogen) atoms. The second-order valence-corrected chi connectivity index (χ2v) is 14.8. The number of aromatic nitrogens is 4. The zero-order chi connectivity index (χ0) is 36.4. The standard InChI is InChI=1S/C33H49ClN6O8S/c1-7-24(19-25(32(43)48-17-16-47-8-2)18-21(3)30(41)36-33(5,6)20-49(44,45)46)31(42)35-26-14-12-23(13-15-26)10-9-11-27-37-38-29-28(34)22(4)39-40(27)29/h12-15,21,24-25,39H,7-11,16-20H2,1-6H3,(H,35,42)(H,36,41)(H,44,45,46). The number of carbonyl (C=O) groups is 3. The predicted octanol–water partition coefficient (Wildman–Crippen LogP) is 4.55. The fraction of sp³-hybridized carbons (Fsp3) is 0.606. The van der Waals surface area contributed by atoms with Crippen LogP contribution in [0.2, 0.25) is 5.02 Å². The number of ether oxygens (including phenoxy) is 2. The fourth-order valence-electron chi connectivity index (χ4n) is 5.61. The Morgan fingerprint density at radius 1 is 1.04 bits per heavy atom. The summed E-state index contributed by atoms with van der Waals surface area (Å²) in [6.07, 6.45) is 2.97. The number of H-pyrrole nitrogens is 1. The lowest BCUT2D eigenvalue weighted by Crippen LogP contribution is -2.50. The normalized spacial score (nSPS) is 14.0.